The average molecular weight is 407 g/mol. The molecular formula is C20H26N2O5S. The molecule has 8 heteroatoms. The Hall–Kier alpha value is -2.74. The molecule has 152 valence electrons. The summed E-state index contributed by atoms with van der Waals surface area (Å²) >= 11 is 0. The van der Waals surface area contributed by atoms with Crippen LogP contribution in [0.1, 0.15) is 25.8 Å². The highest BCUT2D eigenvalue weighted by atomic mass is 32.2. The van der Waals surface area contributed by atoms with Crippen molar-refractivity contribution in [3.8, 4) is 11.5 Å². The molecule has 7 nitrogen and oxygen atoms in total. The molecule has 28 heavy (non-hydrogen) atoms. The largest absolute Gasteiger partial charge is 0.497 e. The molecule has 1 N–H and O–H groups in total. The van der Waals surface area contributed by atoms with Gasteiger partial charge in [-0.1, -0.05) is 19.1 Å². The van der Waals surface area contributed by atoms with Crippen LogP contribution in [0.5, 0.6) is 11.5 Å². The van der Waals surface area contributed by atoms with Gasteiger partial charge in [-0.05, 0) is 55.3 Å². The highest BCUT2D eigenvalue weighted by molar-refractivity contribution is 7.86. The SMILES string of the molecule is CCC(C)N(Cc1ccc(OS(C)(=O)=O)cc1)C(=O)Nc1ccc(OC)cc1. The molecule has 0 aliphatic carbocycles. The smallest absolute Gasteiger partial charge is 0.322 e. The van der Waals surface area contributed by atoms with Crippen LogP contribution in [0.2, 0.25) is 0 Å². The Morgan fingerprint density at radius 3 is 2.14 bits per heavy atom. The predicted octanol–water partition coefficient (Wildman–Crippen LogP) is 3.87. The van der Waals surface area contributed by atoms with Crippen molar-refractivity contribution in [3.63, 3.8) is 0 Å². The maximum absolute atomic E-state index is 12.8. The number of urea groups is 1. The Balaban J connectivity index is 2.10. The van der Waals surface area contributed by atoms with Gasteiger partial charge < -0.3 is 19.1 Å². The zero-order chi connectivity index (χ0) is 20.7. The highest BCUT2D eigenvalue weighted by Crippen LogP contribution is 2.19. The molecule has 2 aromatic carbocycles. The van der Waals surface area contributed by atoms with E-state index in [2.05, 4.69) is 5.32 Å². The minimum absolute atomic E-state index is 0.0187. The van der Waals surface area contributed by atoms with Gasteiger partial charge in [0.1, 0.15) is 11.5 Å². The number of carbonyl (C=O) groups excluding carboxylic acids is 1. The van der Waals surface area contributed by atoms with E-state index in [4.69, 9.17) is 8.92 Å². The zero-order valence-corrected chi connectivity index (χ0v) is 17.3. The molecule has 0 aliphatic heterocycles. The second kappa shape index (κ2) is 9.45. The second-order valence-electron chi connectivity index (χ2n) is 6.48. The van der Waals surface area contributed by atoms with Gasteiger partial charge in [0.25, 0.3) is 0 Å². The van der Waals surface area contributed by atoms with Crippen LogP contribution in [0.4, 0.5) is 10.5 Å². The fraction of sp³-hybridized carbons (Fsp3) is 0.350. The van der Waals surface area contributed by atoms with Gasteiger partial charge in [0, 0.05) is 18.3 Å². The van der Waals surface area contributed by atoms with Gasteiger partial charge in [0.15, 0.2) is 0 Å². The molecule has 2 aromatic rings. The van der Waals surface area contributed by atoms with Gasteiger partial charge in [0.2, 0.25) is 0 Å². The second-order valence-corrected chi connectivity index (χ2v) is 8.05. The summed E-state index contributed by atoms with van der Waals surface area (Å²) in [6.07, 6.45) is 1.79. The Bertz CT molecular complexity index is 880. The van der Waals surface area contributed by atoms with Crippen LogP contribution in [0.25, 0.3) is 0 Å². The molecule has 0 aliphatic rings. The number of hydrogen-bond donors (Lipinski definition) is 1. The van der Waals surface area contributed by atoms with Crippen molar-refractivity contribution in [3.05, 3.63) is 54.1 Å². The lowest BCUT2D eigenvalue weighted by atomic mass is 10.1. The van der Waals surface area contributed by atoms with E-state index in [1.165, 1.54) is 0 Å². The molecule has 0 saturated carbocycles. The van der Waals surface area contributed by atoms with E-state index < -0.39 is 10.1 Å². The normalized spacial score (nSPS) is 12.1. The first-order valence-electron chi connectivity index (χ1n) is 8.92. The van der Waals surface area contributed by atoms with Crippen molar-refractivity contribution in [2.24, 2.45) is 0 Å². The van der Waals surface area contributed by atoms with E-state index in [1.807, 2.05) is 13.8 Å². The van der Waals surface area contributed by atoms with Crippen LogP contribution in [0, 0.1) is 0 Å². The number of carbonyl (C=O) groups is 1. The number of ether oxygens (including phenoxy) is 1. The van der Waals surface area contributed by atoms with E-state index >= 15 is 0 Å². The van der Waals surface area contributed by atoms with Gasteiger partial charge in [-0.3, -0.25) is 0 Å². The third-order valence-corrected chi connectivity index (χ3v) is 4.74. The molecule has 0 fully saturated rings. The number of benzene rings is 2. The van der Waals surface area contributed by atoms with Gasteiger partial charge in [-0.2, -0.15) is 8.42 Å². The lowest BCUT2D eigenvalue weighted by Gasteiger charge is -2.29. The monoisotopic (exact) mass is 406 g/mol. The molecule has 0 bridgehead atoms. The number of rotatable bonds is 8. The van der Waals surface area contributed by atoms with Crippen molar-refractivity contribution < 1.29 is 22.1 Å². The van der Waals surface area contributed by atoms with Crippen molar-refractivity contribution in [2.75, 3.05) is 18.7 Å². The molecule has 0 heterocycles. The first-order valence-corrected chi connectivity index (χ1v) is 10.7. The number of nitrogens with zero attached hydrogens (tertiary/aromatic N) is 1. The number of hydrogen-bond acceptors (Lipinski definition) is 5. The van der Waals surface area contributed by atoms with E-state index in [9.17, 15) is 13.2 Å². The van der Waals surface area contributed by atoms with Gasteiger partial charge in [-0.15, -0.1) is 0 Å². The summed E-state index contributed by atoms with van der Waals surface area (Å²) < 4.78 is 32.4. The number of anilines is 1. The Kier molecular flexibility index (Phi) is 7.28. The number of amides is 2. The molecule has 0 spiro atoms. The molecular weight excluding hydrogens is 380 g/mol. The van der Waals surface area contributed by atoms with E-state index in [1.54, 1.807) is 60.5 Å². The summed E-state index contributed by atoms with van der Waals surface area (Å²) in [5.74, 6) is 0.956. The van der Waals surface area contributed by atoms with Crippen molar-refractivity contribution in [2.45, 2.75) is 32.9 Å². The molecule has 0 saturated heterocycles. The highest BCUT2D eigenvalue weighted by Gasteiger charge is 2.19. The molecule has 0 aromatic heterocycles. The summed E-state index contributed by atoms with van der Waals surface area (Å²) in [4.78, 5) is 14.5. The van der Waals surface area contributed by atoms with Gasteiger partial charge in [0.05, 0.1) is 13.4 Å². The minimum atomic E-state index is -3.57. The Morgan fingerprint density at radius 2 is 1.64 bits per heavy atom. The van der Waals surface area contributed by atoms with Gasteiger partial charge >= 0.3 is 16.1 Å². The van der Waals surface area contributed by atoms with Crippen LogP contribution >= 0.6 is 0 Å². The summed E-state index contributed by atoms with van der Waals surface area (Å²) in [6.45, 7) is 4.38. The van der Waals surface area contributed by atoms with E-state index in [-0.39, 0.29) is 17.8 Å². The van der Waals surface area contributed by atoms with Crippen LogP contribution in [0.15, 0.2) is 48.5 Å². The Labute approximate surface area is 166 Å². The standard InChI is InChI=1S/C20H26N2O5S/c1-5-15(2)22(20(23)21-17-8-12-18(26-3)13-9-17)14-16-6-10-19(11-7-16)27-28(4,24)25/h6-13,15H,5,14H2,1-4H3,(H,21,23). The molecule has 1 atom stereocenters. The lowest BCUT2D eigenvalue weighted by molar-refractivity contribution is 0.187. The Morgan fingerprint density at radius 1 is 1.07 bits per heavy atom. The first-order chi connectivity index (χ1) is 13.2. The summed E-state index contributed by atoms with van der Waals surface area (Å²) in [5.41, 5.74) is 1.54. The fourth-order valence-electron chi connectivity index (χ4n) is 2.54. The summed E-state index contributed by atoms with van der Waals surface area (Å²) in [6, 6.07) is 13.6. The topological polar surface area (TPSA) is 84.9 Å². The van der Waals surface area contributed by atoms with Crippen LogP contribution < -0.4 is 14.2 Å². The molecule has 0 radical (unpaired) electrons. The van der Waals surface area contributed by atoms with Crippen LogP contribution in [-0.4, -0.2) is 38.8 Å². The molecule has 2 amide bonds. The summed E-state index contributed by atoms with van der Waals surface area (Å²) in [5, 5.41) is 2.90. The number of methoxy groups -OCH3 is 1. The lowest BCUT2D eigenvalue weighted by Crippen LogP contribution is -2.40. The van der Waals surface area contributed by atoms with Crippen LogP contribution in [-0.2, 0) is 16.7 Å². The maximum atomic E-state index is 12.8. The quantitative estimate of drug-likeness (QED) is 0.673. The number of nitrogens with one attached hydrogen (secondary N) is 1. The fourth-order valence-corrected chi connectivity index (χ4v) is 3.00. The molecule has 2 rings (SSSR count). The zero-order valence-electron chi connectivity index (χ0n) is 16.5. The van der Waals surface area contributed by atoms with Crippen molar-refractivity contribution in [1.82, 2.24) is 4.90 Å². The third-order valence-electron chi connectivity index (χ3n) is 4.25. The molecule has 1 unspecified atom stereocenters. The van der Waals surface area contributed by atoms with E-state index in [0.29, 0.717) is 18.0 Å². The average Bonchev–Trinajstić information content (AvgIpc) is 2.66. The van der Waals surface area contributed by atoms with Crippen molar-refractivity contribution in [1.29, 1.82) is 0 Å². The van der Waals surface area contributed by atoms with Gasteiger partial charge in [-0.25, -0.2) is 4.79 Å². The maximum Gasteiger partial charge on any atom is 0.322 e. The first kappa shape index (κ1) is 21.6. The minimum Gasteiger partial charge on any atom is -0.497 e. The van der Waals surface area contributed by atoms with Crippen LogP contribution in [0.3, 0.4) is 0 Å². The van der Waals surface area contributed by atoms with Crippen molar-refractivity contribution >= 4 is 21.8 Å². The third kappa shape index (κ3) is 6.45. The summed E-state index contributed by atoms with van der Waals surface area (Å²) in [7, 11) is -1.98. The van der Waals surface area contributed by atoms with E-state index in [0.717, 1.165) is 18.2 Å². The predicted molar refractivity (Wildman–Crippen MR) is 109 cm³/mol.